The van der Waals surface area contributed by atoms with Crippen LogP contribution in [0.5, 0.6) is 0 Å². The number of aromatic amines is 1. The van der Waals surface area contributed by atoms with Crippen molar-refractivity contribution in [3.63, 3.8) is 0 Å². The molecule has 3 aromatic carbocycles. The van der Waals surface area contributed by atoms with E-state index in [1.165, 1.54) is 22.1 Å². The van der Waals surface area contributed by atoms with Gasteiger partial charge in [0.05, 0.1) is 10.9 Å². The van der Waals surface area contributed by atoms with Gasteiger partial charge in [-0.1, -0.05) is 72.8 Å². The van der Waals surface area contributed by atoms with E-state index >= 15 is 0 Å². The van der Waals surface area contributed by atoms with E-state index in [4.69, 9.17) is 0 Å². The van der Waals surface area contributed by atoms with Crippen molar-refractivity contribution >= 4 is 27.7 Å². The van der Waals surface area contributed by atoms with Gasteiger partial charge in [-0.05, 0) is 40.5 Å². The summed E-state index contributed by atoms with van der Waals surface area (Å²) in [5.41, 5.74) is 3.17. The molecule has 1 amide bonds. The van der Waals surface area contributed by atoms with Crippen LogP contribution < -0.4 is 10.9 Å². The molecule has 2 N–H and O–H groups in total. The normalized spacial score (nSPS) is 16.8. The Kier molecular flexibility index (Phi) is 7.27. The van der Waals surface area contributed by atoms with E-state index in [2.05, 4.69) is 10.3 Å². The lowest BCUT2D eigenvalue weighted by atomic mass is 10.00. The first-order valence-electron chi connectivity index (χ1n) is 11.8. The van der Waals surface area contributed by atoms with Crippen LogP contribution >= 0.6 is 11.8 Å². The van der Waals surface area contributed by atoms with Crippen LogP contribution in [0.25, 0.3) is 11.1 Å². The molecule has 0 aliphatic carbocycles. The van der Waals surface area contributed by atoms with Gasteiger partial charge in [-0.25, -0.2) is 8.42 Å². The first-order valence-corrected chi connectivity index (χ1v) is 14.3. The van der Waals surface area contributed by atoms with Crippen molar-refractivity contribution < 1.29 is 14.6 Å². The van der Waals surface area contributed by atoms with Crippen molar-refractivity contribution in [2.24, 2.45) is 0 Å². The third-order valence-electron chi connectivity index (χ3n) is 6.20. The number of sulfonamides is 1. The van der Waals surface area contributed by atoms with E-state index in [9.17, 15) is 18.0 Å². The monoisotopic (exact) mass is 533 g/mol. The number of nitrogens with one attached hydrogen (secondary N) is 2. The molecule has 1 aliphatic rings. The molecule has 0 radical (unpaired) electrons. The Labute approximate surface area is 221 Å². The minimum Gasteiger partial charge on any atom is -0.343 e. The van der Waals surface area contributed by atoms with E-state index in [0.29, 0.717) is 11.3 Å². The number of rotatable bonds is 7. The molecule has 0 bridgehead atoms. The Morgan fingerprint density at radius 1 is 0.892 bits per heavy atom. The maximum absolute atomic E-state index is 13.6. The first-order chi connectivity index (χ1) is 17.9. The van der Waals surface area contributed by atoms with E-state index in [1.807, 2.05) is 60.7 Å². The number of carbonyl (C=O) groups is 1. The third kappa shape index (κ3) is 5.39. The molecule has 2 unspecified atom stereocenters. The predicted octanol–water partition coefficient (Wildman–Crippen LogP) is 4.26. The fraction of sp³-hybridized carbons (Fsp3) is 0.143. The quantitative estimate of drug-likeness (QED) is 0.370. The Morgan fingerprint density at radius 3 is 2.19 bits per heavy atom. The Bertz CT molecular complexity index is 1530. The van der Waals surface area contributed by atoms with Crippen LogP contribution in [-0.4, -0.2) is 41.3 Å². The highest BCUT2D eigenvalue weighted by atomic mass is 32.2. The molecule has 0 spiro atoms. The van der Waals surface area contributed by atoms with Gasteiger partial charge in [-0.2, -0.15) is 4.31 Å². The van der Waals surface area contributed by atoms with Gasteiger partial charge in [-0.3, -0.25) is 9.59 Å². The lowest BCUT2D eigenvalue weighted by Crippen LogP contribution is -2.45. The molecule has 0 saturated carbocycles. The number of nitrogens with zero attached hydrogens (tertiary/aromatic N) is 1. The number of amides is 1. The highest BCUT2D eigenvalue weighted by Crippen LogP contribution is 2.32. The highest BCUT2D eigenvalue weighted by molar-refractivity contribution is 8.02. The summed E-state index contributed by atoms with van der Waals surface area (Å²) in [5, 5.41) is 2.10. The fourth-order valence-corrected chi connectivity index (χ4v) is 7.40. The second-order valence-corrected chi connectivity index (χ2v) is 11.6. The molecule has 5 rings (SSSR count). The number of hydrogen-bond donors (Lipinski definition) is 2. The summed E-state index contributed by atoms with van der Waals surface area (Å²) in [6, 6.07) is 28.3. The van der Waals surface area contributed by atoms with Crippen molar-refractivity contribution in [2.75, 3.05) is 12.3 Å². The largest absolute Gasteiger partial charge is 0.343 e. The van der Waals surface area contributed by atoms with Crippen LogP contribution in [0.2, 0.25) is 0 Å². The molecule has 1 fully saturated rings. The Hall–Kier alpha value is -3.66. The number of pyridine rings is 1. The number of carbonyl (C=O) groups excluding carboxylic acids is 1. The van der Waals surface area contributed by atoms with Gasteiger partial charge in [0.1, 0.15) is 5.37 Å². The summed E-state index contributed by atoms with van der Waals surface area (Å²) in [5.74, 6) is 0.0979. The molecular weight excluding hydrogens is 506 g/mol. The van der Waals surface area contributed by atoms with E-state index in [1.54, 1.807) is 36.5 Å². The van der Waals surface area contributed by atoms with Crippen molar-refractivity contribution in [1.82, 2.24) is 14.6 Å². The van der Waals surface area contributed by atoms with Crippen molar-refractivity contribution in [3.05, 3.63) is 125 Å². The van der Waals surface area contributed by atoms with E-state index < -0.39 is 27.3 Å². The van der Waals surface area contributed by atoms with E-state index in [-0.39, 0.29) is 18.4 Å². The summed E-state index contributed by atoms with van der Waals surface area (Å²) in [6.45, 7) is 0.236. The molecule has 37 heavy (non-hydrogen) atoms. The number of hydrogen-bond acceptors (Lipinski definition) is 5. The maximum Gasteiger partial charge on any atom is 0.249 e. The van der Waals surface area contributed by atoms with Gasteiger partial charge in [0, 0.05) is 26.0 Å². The first kappa shape index (κ1) is 25.0. The standard InChI is InChI=1S/C28H25N3O4S2.H2/c32-25-16-13-23(19-29-25)26(22-9-5-2-6-10-22)30-27(33)28-31(17-18-36-28)37(34,35)24-14-11-21(12-15-24)20-7-3-1-4-8-20;/h1-16,19,26,28H,17-18H2,(H,29,32)(H,30,33);1H. The van der Waals surface area contributed by atoms with Gasteiger partial charge in [0.15, 0.2) is 0 Å². The molecule has 2 atom stereocenters. The third-order valence-corrected chi connectivity index (χ3v) is 9.42. The second kappa shape index (κ2) is 10.8. The summed E-state index contributed by atoms with van der Waals surface area (Å²) in [6.07, 6.45) is 1.56. The molecule has 190 valence electrons. The number of H-pyrrole nitrogens is 1. The average molecular weight is 534 g/mol. The van der Waals surface area contributed by atoms with Crippen molar-refractivity contribution in [2.45, 2.75) is 16.3 Å². The maximum atomic E-state index is 13.6. The van der Waals surface area contributed by atoms with Crippen LogP contribution in [0, 0.1) is 0 Å². The molecule has 7 nitrogen and oxygen atoms in total. The molecular formula is C28H27N3O4S2. The van der Waals surface area contributed by atoms with Crippen LogP contribution in [0.15, 0.2) is 113 Å². The number of thioether (sulfide) groups is 1. The lowest BCUT2D eigenvalue weighted by molar-refractivity contribution is -0.122. The molecule has 1 saturated heterocycles. The predicted molar refractivity (Wildman–Crippen MR) is 148 cm³/mol. The molecule has 9 heteroatoms. The van der Waals surface area contributed by atoms with Crippen LogP contribution in [-0.2, 0) is 14.8 Å². The second-order valence-electron chi connectivity index (χ2n) is 8.57. The topological polar surface area (TPSA) is 99.3 Å². The Balaban J connectivity index is 0.00000336. The van der Waals surface area contributed by atoms with Gasteiger partial charge >= 0.3 is 0 Å². The SMILES string of the molecule is O=C(NC(c1ccccc1)c1ccc(=O)[nH]c1)C1SCCN1S(=O)(=O)c1ccc(-c2ccccc2)cc1.[HH]. The lowest BCUT2D eigenvalue weighted by Gasteiger charge is -2.26. The fourth-order valence-electron chi connectivity index (χ4n) is 4.31. The molecule has 1 aromatic heterocycles. The summed E-state index contributed by atoms with van der Waals surface area (Å²) in [7, 11) is -3.90. The smallest absolute Gasteiger partial charge is 0.249 e. The van der Waals surface area contributed by atoms with Gasteiger partial charge in [0.25, 0.3) is 0 Å². The van der Waals surface area contributed by atoms with Crippen LogP contribution in [0.3, 0.4) is 0 Å². The van der Waals surface area contributed by atoms with Gasteiger partial charge in [0.2, 0.25) is 21.5 Å². The zero-order chi connectivity index (χ0) is 25.8. The summed E-state index contributed by atoms with van der Waals surface area (Å²) in [4.78, 5) is 27.9. The van der Waals surface area contributed by atoms with Crippen LogP contribution in [0.1, 0.15) is 18.6 Å². The van der Waals surface area contributed by atoms with Crippen molar-refractivity contribution in [1.29, 1.82) is 0 Å². The summed E-state index contributed by atoms with van der Waals surface area (Å²) >= 11 is 1.29. The minimum atomic E-state index is -3.90. The van der Waals surface area contributed by atoms with Gasteiger partial charge in [-0.15, -0.1) is 11.8 Å². The average Bonchev–Trinajstić information content (AvgIpc) is 3.45. The van der Waals surface area contributed by atoms with Crippen LogP contribution in [0.4, 0.5) is 0 Å². The highest BCUT2D eigenvalue weighted by Gasteiger charge is 2.41. The van der Waals surface area contributed by atoms with E-state index in [0.717, 1.165) is 16.7 Å². The van der Waals surface area contributed by atoms with Crippen molar-refractivity contribution in [3.8, 4) is 11.1 Å². The molecule has 1 aliphatic heterocycles. The zero-order valence-electron chi connectivity index (χ0n) is 19.8. The number of benzene rings is 3. The minimum absolute atomic E-state index is 0. The Morgan fingerprint density at radius 2 is 1.54 bits per heavy atom. The zero-order valence-corrected chi connectivity index (χ0v) is 21.4. The molecule has 2 heterocycles. The summed E-state index contributed by atoms with van der Waals surface area (Å²) < 4.78 is 28.4. The number of aromatic nitrogens is 1. The van der Waals surface area contributed by atoms with Gasteiger partial charge < -0.3 is 10.3 Å². The molecule has 4 aromatic rings.